The van der Waals surface area contributed by atoms with Crippen molar-refractivity contribution >= 4 is 0 Å². The Morgan fingerprint density at radius 3 is 3.45 bits per heavy atom. The number of aryl methyl sites for hydroxylation is 1. The standard InChI is InChI=1S/C8H9N3/c9-4-6-1-2-7-5-10-11-8(7)3-6/h5-6H,1-3H2,(H,10,11)/t6-/m0/s1. The van der Waals surface area contributed by atoms with Crippen molar-refractivity contribution in [2.45, 2.75) is 19.3 Å². The van der Waals surface area contributed by atoms with Gasteiger partial charge < -0.3 is 0 Å². The van der Waals surface area contributed by atoms with E-state index in [1.165, 1.54) is 5.56 Å². The average Bonchev–Trinajstić information content (AvgIpc) is 2.50. The summed E-state index contributed by atoms with van der Waals surface area (Å²) in [5.41, 5.74) is 2.44. The molecule has 1 heterocycles. The molecule has 0 saturated carbocycles. The van der Waals surface area contributed by atoms with E-state index in [9.17, 15) is 0 Å². The Kier molecular flexibility index (Phi) is 1.39. The second-order valence-corrected chi connectivity index (χ2v) is 2.94. The number of hydrogen-bond donors (Lipinski definition) is 1. The predicted octanol–water partition coefficient (Wildman–Crippen LogP) is 1.04. The van der Waals surface area contributed by atoms with Crippen LogP contribution in [0.4, 0.5) is 0 Å². The Hall–Kier alpha value is -1.30. The molecule has 56 valence electrons. The van der Waals surface area contributed by atoms with Crippen LogP contribution in [0.2, 0.25) is 0 Å². The number of rotatable bonds is 0. The molecule has 0 saturated heterocycles. The van der Waals surface area contributed by atoms with Gasteiger partial charge in [0.15, 0.2) is 0 Å². The Balaban J connectivity index is 2.26. The van der Waals surface area contributed by atoms with E-state index >= 15 is 0 Å². The highest BCUT2D eigenvalue weighted by atomic mass is 15.1. The zero-order valence-electron chi connectivity index (χ0n) is 6.17. The van der Waals surface area contributed by atoms with E-state index < -0.39 is 0 Å². The van der Waals surface area contributed by atoms with Gasteiger partial charge in [0.25, 0.3) is 0 Å². The molecule has 0 bridgehead atoms. The number of nitrogens with one attached hydrogen (secondary N) is 1. The van der Waals surface area contributed by atoms with Gasteiger partial charge in [-0.15, -0.1) is 0 Å². The molecule has 0 amide bonds. The molecular weight excluding hydrogens is 138 g/mol. The van der Waals surface area contributed by atoms with E-state index in [0.717, 1.165) is 25.0 Å². The average molecular weight is 147 g/mol. The van der Waals surface area contributed by atoms with E-state index in [-0.39, 0.29) is 5.92 Å². The largest absolute Gasteiger partial charge is 0.282 e. The first-order valence-electron chi connectivity index (χ1n) is 3.81. The molecule has 0 unspecified atom stereocenters. The van der Waals surface area contributed by atoms with Gasteiger partial charge in [0.1, 0.15) is 0 Å². The van der Waals surface area contributed by atoms with Crippen molar-refractivity contribution in [3.05, 3.63) is 17.5 Å². The van der Waals surface area contributed by atoms with Crippen molar-refractivity contribution in [1.29, 1.82) is 5.26 Å². The van der Waals surface area contributed by atoms with Crippen molar-refractivity contribution in [2.75, 3.05) is 0 Å². The van der Waals surface area contributed by atoms with Crippen molar-refractivity contribution in [3.63, 3.8) is 0 Å². The molecule has 1 atom stereocenters. The smallest absolute Gasteiger partial charge is 0.0659 e. The summed E-state index contributed by atoms with van der Waals surface area (Å²) in [6, 6.07) is 2.29. The first-order valence-corrected chi connectivity index (χ1v) is 3.81. The van der Waals surface area contributed by atoms with Gasteiger partial charge in [0.2, 0.25) is 0 Å². The lowest BCUT2D eigenvalue weighted by molar-refractivity contribution is 0.557. The summed E-state index contributed by atoms with van der Waals surface area (Å²) in [5, 5.41) is 15.5. The van der Waals surface area contributed by atoms with Gasteiger partial charge in [-0.25, -0.2) is 0 Å². The minimum absolute atomic E-state index is 0.197. The van der Waals surface area contributed by atoms with Crippen LogP contribution in [0.5, 0.6) is 0 Å². The van der Waals surface area contributed by atoms with Gasteiger partial charge in [-0.1, -0.05) is 0 Å². The van der Waals surface area contributed by atoms with Crippen molar-refractivity contribution in [1.82, 2.24) is 10.2 Å². The molecule has 1 aromatic heterocycles. The van der Waals surface area contributed by atoms with Crippen LogP contribution in [0.25, 0.3) is 0 Å². The first-order chi connectivity index (χ1) is 5.40. The number of H-pyrrole nitrogens is 1. The molecule has 0 radical (unpaired) electrons. The maximum absolute atomic E-state index is 8.67. The second-order valence-electron chi connectivity index (χ2n) is 2.94. The van der Waals surface area contributed by atoms with E-state index in [0.29, 0.717) is 0 Å². The Morgan fingerprint density at radius 1 is 1.73 bits per heavy atom. The minimum atomic E-state index is 0.197. The van der Waals surface area contributed by atoms with Crippen molar-refractivity contribution in [3.8, 4) is 6.07 Å². The molecule has 11 heavy (non-hydrogen) atoms. The zero-order valence-corrected chi connectivity index (χ0v) is 6.17. The van der Waals surface area contributed by atoms with E-state index in [1.54, 1.807) is 0 Å². The van der Waals surface area contributed by atoms with Gasteiger partial charge in [-0.05, 0) is 18.4 Å². The zero-order chi connectivity index (χ0) is 7.68. The Morgan fingerprint density at radius 2 is 2.64 bits per heavy atom. The van der Waals surface area contributed by atoms with Gasteiger partial charge >= 0.3 is 0 Å². The van der Waals surface area contributed by atoms with E-state index in [4.69, 9.17) is 5.26 Å². The third kappa shape index (κ3) is 1.01. The van der Waals surface area contributed by atoms with Gasteiger partial charge in [0, 0.05) is 12.1 Å². The number of fused-ring (bicyclic) bond motifs is 1. The molecule has 3 heteroatoms. The van der Waals surface area contributed by atoms with Crippen LogP contribution in [0, 0.1) is 17.2 Å². The van der Waals surface area contributed by atoms with Crippen LogP contribution in [-0.4, -0.2) is 10.2 Å². The molecular formula is C8H9N3. The van der Waals surface area contributed by atoms with Crippen LogP contribution < -0.4 is 0 Å². The fourth-order valence-electron chi connectivity index (χ4n) is 1.52. The molecule has 1 aromatic rings. The quantitative estimate of drug-likeness (QED) is 0.596. The summed E-state index contributed by atoms with van der Waals surface area (Å²) in [4.78, 5) is 0. The van der Waals surface area contributed by atoms with Crippen LogP contribution in [0.15, 0.2) is 6.20 Å². The molecule has 2 rings (SSSR count). The summed E-state index contributed by atoms with van der Waals surface area (Å²) in [6.45, 7) is 0. The highest BCUT2D eigenvalue weighted by Crippen LogP contribution is 2.22. The van der Waals surface area contributed by atoms with Crippen molar-refractivity contribution < 1.29 is 0 Å². The number of aromatic amines is 1. The van der Waals surface area contributed by atoms with Crippen LogP contribution in [0.3, 0.4) is 0 Å². The van der Waals surface area contributed by atoms with Crippen LogP contribution in [-0.2, 0) is 12.8 Å². The van der Waals surface area contributed by atoms with Crippen molar-refractivity contribution in [2.24, 2.45) is 5.92 Å². The highest BCUT2D eigenvalue weighted by Gasteiger charge is 2.18. The highest BCUT2D eigenvalue weighted by molar-refractivity contribution is 5.21. The fraction of sp³-hybridized carbons (Fsp3) is 0.500. The van der Waals surface area contributed by atoms with Crippen LogP contribution >= 0.6 is 0 Å². The van der Waals surface area contributed by atoms with Gasteiger partial charge in [-0.3, -0.25) is 5.10 Å². The summed E-state index contributed by atoms with van der Waals surface area (Å²) in [5.74, 6) is 0.197. The molecule has 0 fully saturated rings. The monoisotopic (exact) mass is 147 g/mol. The lowest BCUT2D eigenvalue weighted by Crippen LogP contribution is -2.11. The third-order valence-corrected chi connectivity index (χ3v) is 2.20. The van der Waals surface area contributed by atoms with Gasteiger partial charge in [-0.2, -0.15) is 10.4 Å². The summed E-state index contributed by atoms with van der Waals surface area (Å²) < 4.78 is 0. The first kappa shape index (κ1) is 6.41. The second kappa shape index (κ2) is 2.39. The summed E-state index contributed by atoms with van der Waals surface area (Å²) >= 11 is 0. The summed E-state index contributed by atoms with van der Waals surface area (Å²) in [7, 11) is 0. The minimum Gasteiger partial charge on any atom is -0.282 e. The Labute approximate surface area is 65.0 Å². The number of hydrogen-bond acceptors (Lipinski definition) is 2. The molecule has 3 nitrogen and oxygen atoms in total. The third-order valence-electron chi connectivity index (χ3n) is 2.20. The number of nitriles is 1. The fourth-order valence-corrected chi connectivity index (χ4v) is 1.52. The summed E-state index contributed by atoms with van der Waals surface area (Å²) in [6.07, 6.45) is 4.71. The van der Waals surface area contributed by atoms with Crippen LogP contribution in [0.1, 0.15) is 17.7 Å². The molecule has 0 aromatic carbocycles. The molecule has 1 N–H and O–H groups in total. The maximum atomic E-state index is 8.67. The molecule has 1 aliphatic rings. The molecule has 1 aliphatic carbocycles. The lowest BCUT2D eigenvalue weighted by Gasteiger charge is -2.14. The van der Waals surface area contributed by atoms with E-state index in [1.807, 2.05) is 6.20 Å². The maximum Gasteiger partial charge on any atom is 0.0659 e. The number of aromatic nitrogens is 2. The molecule has 0 spiro atoms. The lowest BCUT2D eigenvalue weighted by atomic mass is 9.89. The predicted molar refractivity (Wildman–Crippen MR) is 39.7 cm³/mol. The van der Waals surface area contributed by atoms with Gasteiger partial charge in [0.05, 0.1) is 18.2 Å². The van der Waals surface area contributed by atoms with E-state index in [2.05, 4.69) is 16.3 Å². The molecule has 0 aliphatic heterocycles. The normalized spacial score (nSPS) is 22.3. The Bertz CT molecular complexity index is 295. The number of nitrogens with zero attached hydrogens (tertiary/aromatic N) is 2. The topological polar surface area (TPSA) is 52.5 Å². The SMILES string of the molecule is N#C[C@H]1CCc2cn[nH]c2C1.